The van der Waals surface area contributed by atoms with E-state index in [4.69, 9.17) is 13.8 Å². The number of carbonyl (C=O) groups is 3. The summed E-state index contributed by atoms with van der Waals surface area (Å²) in [6, 6.07) is 6.27. The Kier molecular flexibility index (Phi) is 12.0. The van der Waals surface area contributed by atoms with Gasteiger partial charge in [-0.2, -0.15) is 0 Å². The first kappa shape index (κ1) is 36.7. The van der Waals surface area contributed by atoms with Crippen molar-refractivity contribution in [2.24, 2.45) is 5.92 Å². The highest BCUT2D eigenvalue weighted by atomic mass is 31.2. The van der Waals surface area contributed by atoms with E-state index in [1.807, 2.05) is 39.8 Å². The van der Waals surface area contributed by atoms with Gasteiger partial charge in [-0.1, -0.05) is 31.4 Å². The van der Waals surface area contributed by atoms with Crippen molar-refractivity contribution in [1.29, 1.82) is 0 Å². The minimum Gasteiger partial charge on any atom is -0.460 e. The Bertz CT molecular complexity index is 1680. The molecule has 0 spiro atoms. The van der Waals surface area contributed by atoms with Gasteiger partial charge >= 0.3 is 7.60 Å². The van der Waals surface area contributed by atoms with Gasteiger partial charge in [0.15, 0.2) is 11.6 Å². The van der Waals surface area contributed by atoms with Crippen molar-refractivity contribution < 1.29 is 32.7 Å². The highest BCUT2D eigenvalue weighted by molar-refractivity contribution is 7.52. The number of allylic oxidation sites excluding steroid dienone is 4. The molecule has 0 bridgehead atoms. The summed E-state index contributed by atoms with van der Waals surface area (Å²) in [6.45, 7) is 15.4. The second-order valence-corrected chi connectivity index (χ2v) is 15.6. The second-order valence-electron chi connectivity index (χ2n) is 13.4. The van der Waals surface area contributed by atoms with E-state index in [0.717, 1.165) is 82.4 Å². The third-order valence-corrected chi connectivity index (χ3v) is 11.2. The molecule has 0 N–H and O–H groups in total. The first-order chi connectivity index (χ1) is 22.2. The number of carbonyl (C=O) groups excluding carboxylic acids is 3. The molecule has 2 aromatic carbocycles. The van der Waals surface area contributed by atoms with Gasteiger partial charge in [-0.05, 0) is 119 Å². The van der Waals surface area contributed by atoms with Crippen LogP contribution in [0.15, 0.2) is 41.2 Å². The average Bonchev–Trinajstić information content (AvgIpc) is 3.02. The largest absolute Gasteiger partial charge is 0.460 e. The molecule has 1 heterocycles. The van der Waals surface area contributed by atoms with E-state index in [2.05, 4.69) is 26.0 Å². The molecule has 3 atom stereocenters. The highest BCUT2D eigenvalue weighted by Crippen LogP contribution is 2.51. The number of benzene rings is 2. The molecule has 8 heteroatoms. The molecule has 2 aliphatic rings. The number of hydrogen-bond acceptors (Lipinski definition) is 7. The normalized spacial score (nSPS) is 18.7. The van der Waals surface area contributed by atoms with Crippen LogP contribution in [-0.2, 0) is 29.6 Å². The average molecular weight is 663 g/mol. The molecule has 1 aliphatic heterocycles. The molecule has 7 nitrogen and oxygen atoms in total. The first-order valence-corrected chi connectivity index (χ1v) is 18.8. The van der Waals surface area contributed by atoms with Crippen LogP contribution in [0.3, 0.4) is 0 Å². The summed E-state index contributed by atoms with van der Waals surface area (Å²) in [4.78, 5) is 39.1. The summed E-state index contributed by atoms with van der Waals surface area (Å²) in [5.74, 6) is 0.995. The number of hydrogen-bond donors (Lipinski definition) is 0. The standard InChI is InChI=1S/C39H51O7P/c1-23-19-32(29(7)40)33(20-24(23)2)36-34-21-25(3)37(42)28(6)39(34)46-38-27(5)26(4)30(22-35(36)38)16-17-31(41)15-13-11-10-12-14-18-45-47(9,43)44-8/h19-22,28,36H,10-18H2,1-9H3. The second kappa shape index (κ2) is 15.4. The van der Waals surface area contributed by atoms with Crippen molar-refractivity contribution in [3.05, 3.63) is 85.7 Å². The highest BCUT2D eigenvalue weighted by Gasteiger charge is 2.40. The molecule has 0 saturated heterocycles. The van der Waals surface area contributed by atoms with Gasteiger partial charge in [0.2, 0.25) is 0 Å². The maximum absolute atomic E-state index is 13.1. The maximum atomic E-state index is 13.1. The van der Waals surface area contributed by atoms with E-state index >= 15 is 0 Å². The first-order valence-electron chi connectivity index (χ1n) is 16.9. The van der Waals surface area contributed by atoms with E-state index < -0.39 is 13.5 Å². The number of ketones is 3. The molecule has 4 rings (SSSR count). The Hall–Kier alpha value is -3.12. The van der Waals surface area contributed by atoms with Crippen molar-refractivity contribution >= 4 is 24.9 Å². The SMILES string of the molecule is COP(C)(=O)OCCCCCCCC(=O)CCc1cc2c(c(C)c1C)OC1=C(C=C(C)C(=O)C1C)C2c1cc(C)c(C)cc1C(C)=O. The van der Waals surface area contributed by atoms with E-state index in [-0.39, 0.29) is 23.3 Å². The van der Waals surface area contributed by atoms with Crippen molar-refractivity contribution in [2.45, 2.75) is 106 Å². The fraction of sp³-hybridized carbons (Fsp3) is 0.513. The Balaban J connectivity index is 1.55. The number of fused-ring (bicyclic) bond motifs is 1. The van der Waals surface area contributed by atoms with Gasteiger partial charge in [-0.15, -0.1) is 0 Å². The van der Waals surface area contributed by atoms with E-state index in [1.54, 1.807) is 6.92 Å². The zero-order chi connectivity index (χ0) is 34.6. The van der Waals surface area contributed by atoms with Crippen molar-refractivity contribution in [2.75, 3.05) is 20.4 Å². The van der Waals surface area contributed by atoms with Gasteiger partial charge in [0.05, 0.1) is 12.5 Å². The van der Waals surface area contributed by atoms with E-state index in [9.17, 15) is 18.9 Å². The molecule has 3 unspecified atom stereocenters. The molecule has 1 aliphatic carbocycles. The Morgan fingerprint density at radius 1 is 0.894 bits per heavy atom. The maximum Gasteiger partial charge on any atom is 0.327 e. The smallest absolute Gasteiger partial charge is 0.327 e. The van der Waals surface area contributed by atoms with Crippen LogP contribution in [0.1, 0.15) is 121 Å². The van der Waals surface area contributed by atoms with Crippen molar-refractivity contribution in [3.8, 4) is 5.75 Å². The molecule has 0 aromatic heterocycles. The van der Waals surface area contributed by atoms with E-state index in [0.29, 0.717) is 42.8 Å². The summed E-state index contributed by atoms with van der Waals surface area (Å²) >= 11 is 0. The van der Waals surface area contributed by atoms with Gasteiger partial charge in [0, 0.05) is 49.2 Å². The van der Waals surface area contributed by atoms with E-state index in [1.165, 1.54) is 13.8 Å². The van der Waals surface area contributed by atoms with Crippen LogP contribution in [0.4, 0.5) is 0 Å². The van der Waals surface area contributed by atoms with Crippen LogP contribution >= 0.6 is 7.60 Å². The van der Waals surface area contributed by atoms with Crippen LogP contribution in [-0.4, -0.2) is 37.7 Å². The lowest BCUT2D eigenvalue weighted by Crippen LogP contribution is -2.29. The number of rotatable bonds is 15. The van der Waals surface area contributed by atoms with Gasteiger partial charge in [-0.25, -0.2) is 0 Å². The van der Waals surface area contributed by atoms with Crippen LogP contribution < -0.4 is 4.74 Å². The predicted molar refractivity (Wildman–Crippen MR) is 187 cm³/mol. The number of unbranched alkanes of at least 4 members (excludes halogenated alkanes) is 4. The Labute approximate surface area is 280 Å². The zero-order valence-electron chi connectivity index (χ0n) is 29.6. The number of Topliss-reactive ketones (excluding diaryl/α,β-unsaturated/α-hetero) is 3. The lowest BCUT2D eigenvalue weighted by Gasteiger charge is -2.37. The molecular formula is C39H51O7P. The predicted octanol–water partition coefficient (Wildman–Crippen LogP) is 9.39. The number of aryl methyl sites for hydroxylation is 3. The Morgan fingerprint density at radius 2 is 1.55 bits per heavy atom. The molecule has 0 saturated carbocycles. The lowest BCUT2D eigenvalue weighted by molar-refractivity contribution is -0.119. The van der Waals surface area contributed by atoms with Crippen molar-refractivity contribution in [3.63, 3.8) is 0 Å². The van der Waals surface area contributed by atoms with Gasteiger partial charge in [0.25, 0.3) is 0 Å². The zero-order valence-corrected chi connectivity index (χ0v) is 30.5. The summed E-state index contributed by atoms with van der Waals surface area (Å²) < 4.78 is 28.5. The minimum atomic E-state index is -2.92. The quantitative estimate of drug-likeness (QED) is 0.107. The van der Waals surface area contributed by atoms with Crippen LogP contribution in [0, 0.1) is 33.6 Å². The fourth-order valence-corrected chi connectivity index (χ4v) is 7.26. The molecule has 2 aromatic rings. The topological polar surface area (TPSA) is 96.0 Å². The summed E-state index contributed by atoms with van der Waals surface area (Å²) in [5, 5.41) is 0. The third kappa shape index (κ3) is 8.31. The monoisotopic (exact) mass is 662 g/mol. The Morgan fingerprint density at radius 3 is 2.23 bits per heavy atom. The molecule has 0 radical (unpaired) electrons. The molecule has 0 fully saturated rings. The fourth-order valence-electron chi connectivity index (χ4n) is 6.69. The molecule has 254 valence electrons. The molecular weight excluding hydrogens is 611 g/mol. The molecule has 0 amide bonds. The van der Waals surface area contributed by atoms with Gasteiger partial charge in [0.1, 0.15) is 17.3 Å². The minimum absolute atomic E-state index is 0.000199. The summed E-state index contributed by atoms with van der Waals surface area (Å²) in [6.07, 6.45) is 8.17. The summed E-state index contributed by atoms with van der Waals surface area (Å²) in [7, 11) is -1.53. The third-order valence-electron chi connectivity index (χ3n) is 9.93. The molecule has 47 heavy (non-hydrogen) atoms. The lowest BCUT2D eigenvalue weighted by atomic mass is 9.73. The van der Waals surface area contributed by atoms with Crippen LogP contribution in [0.5, 0.6) is 5.75 Å². The van der Waals surface area contributed by atoms with Crippen LogP contribution in [0.2, 0.25) is 0 Å². The van der Waals surface area contributed by atoms with Crippen molar-refractivity contribution in [1.82, 2.24) is 0 Å². The van der Waals surface area contributed by atoms with Gasteiger partial charge in [-0.3, -0.25) is 18.9 Å². The van der Waals surface area contributed by atoms with Crippen LogP contribution in [0.25, 0.3) is 0 Å². The number of ether oxygens (including phenoxy) is 1. The van der Waals surface area contributed by atoms with Gasteiger partial charge < -0.3 is 13.8 Å². The summed E-state index contributed by atoms with van der Waals surface area (Å²) in [5.41, 5.74) is 9.51.